The summed E-state index contributed by atoms with van der Waals surface area (Å²) in [6.07, 6.45) is -4.70. The minimum atomic E-state index is -4.63. The number of hydrogen-bond acceptors (Lipinski definition) is 2. The maximum atomic E-state index is 13.7. The van der Waals surface area contributed by atoms with Gasteiger partial charge in [-0.15, -0.1) is 0 Å². The summed E-state index contributed by atoms with van der Waals surface area (Å²) in [5, 5.41) is 9.47. The number of carbonyl (C=O) groups is 1. The van der Waals surface area contributed by atoms with Crippen LogP contribution in [-0.2, 0) is 6.18 Å². The van der Waals surface area contributed by atoms with Crippen LogP contribution in [-0.4, -0.2) is 35.1 Å². The first-order valence-corrected chi connectivity index (χ1v) is 6.54. The molecule has 21 heavy (non-hydrogen) atoms. The van der Waals surface area contributed by atoms with Crippen LogP contribution in [0.25, 0.3) is 0 Å². The van der Waals surface area contributed by atoms with Crippen LogP contribution in [0.5, 0.6) is 0 Å². The van der Waals surface area contributed by atoms with Gasteiger partial charge in [-0.25, -0.2) is 4.39 Å². The van der Waals surface area contributed by atoms with Crippen molar-refractivity contribution in [1.82, 2.24) is 4.90 Å². The van der Waals surface area contributed by atoms with Crippen molar-refractivity contribution in [3.63, 3.8) is 0 Å². The zero-order chi connectivity index (χ0) is 15.8. The van der Waals surface area contributed by atoms with Crippen LogP contribution < -0.4 is 0 Å². The number of aliphatic hydroxyl groups excluding tert-OH is 1. The number of likely N-dealkylation sites (tertiary alicyclic amines) is 1. The van der Waals surface area contributed by atoms with Gasteiger partial charge in [-0.1, -0.05) is 0 Å². The van der Waals surface area contributed by atoms with Crippen molar-refractivity contribution in [3.8, 4) is 0 Å². The van der Waals surface area contributed by atoms with Crippen molar-refractivity contribution in [2.75, 3.05) is 13.1 Å². The van der Waals surface area contributed by atoms with E-state index >= 15 is 0 Å². The molecule has 0 aliphatic carbocycles. The fourth-order valence-corrected chi connectivity index (χ4v) is 2.40. The van der Waals surface area contributed by atoms with E-state index in [2.05, 4.69) is 0 Å². The van der Waals surface area contributed by atoms with Crippen LogP contribution in [0.15, 0.2) is 18.2 Å². The van der Waals surface area contributed by atoms with E-state index in [-0.39, 0.29) is 12.5 Å². The van der Waals surface area contributed by atoms with Gasteiger partial charge in [0.15, 0.2) is 0 Å². The Morgan fingerprint density at radius 1 is 1.43 bits per heavy atom. The third-order valence-electron chi connectivity index (χ3n) is 3.72. The smallest absolute Gasteiger partial charge is 0.393 e. The largest absolute Gasteiger partial charge is 0.416 e. The average Bonchev–Trinajstić information content (AvgIpc) is 2.86. The zero-order valence-electron chi connectivity index (χ0n) is 11.3. The number of rotatable bonds is 2. The number of aliphatic hydroxyl groups is 1. The third kappa shape index (κ3) is 3.34. The lowest BCUT2D eigenvalue weighted by molar-refractivity contribution is -0.137. The second-order valence-electron chi connectivity index (χ2n) is 5.23. The molecule has 0 bridgehead atoms. The molecular weight excluding hydrogens is 290 g/mol. The van der Waals surface area contributed by atoms with E-state index in [0.717, 1.165) is 0 Å². The van der Waals surface area contributed by atoms with Crippen LogP contribution in [0.3, 0.4) is 0 Å². The first-order chi connectivity index (χ1) is 9.70. The van der Waals surface area contributed by atoms with Crippen molar-refractivity contribution in [2.45, 2.75) is 25.6 Å². The molecule has 0 aromatic heterocycles. The van der Waals surface area contributed by atoms with Gasteiger partial charge in [-0.2, -0.15) is 13.2 Å². The van der Waals surface area contributed by atoms with E-state index in [0.29, 0.717) is 31.2 Å². The molecule has 0 radical (unpaired) electrons. The molecule has 3 nitrogen and oxygen atoms in total. The Kier molecular flexibility index (Phi) is 4.22. The Morgan fingerprint density at radius 2 is 2.10 bits per heavy atom. The Balaban J connectivity index is 2.24. The molecule has 0 saturated carbocycles. The molecule has 0 spiro atoms. The van der Waals surface area contributed by atoms with Gasteiger partial charge >= 0.3 is 6.18 Å². The Labute approximate surface area is 119 Å². The van der Waals surface area contributed by atoms with Gasteiger partial charge in [0.2, 0.25) is 0 Å². The lowest BCUT2D eigenvalue weighted by Gasteiger charge is -2.18. The van der Waals surface area contributed by atoms with Crippen molar-refractivity contribution in [1.29, 1.82) is 0 Å². The Hall–Kier alpha value is -1.63. The van der Waals surface area contributed by atoms with E-state index in [9.17, 15) is 27.5 Å². The fourth-order valence-electron chi connectivity index (χ4n) is 2.40. The van der Waals surface area contributed by atoms with E-state index < -0.39 is 35.1 Å². The molecule has 7 heteroatoms. The van der Waals surface area contributed by atoms with Crippen LogP contribution in [0, 0.1) is 11.7 Å². The lowest BCUT2D eigenvalue weighted by atomic mass is 10.0. The van der Waals surface area contributed by atoms with Gasteiger partial charge in [0.1, 0.15) is 5.82 Å². The van der Waals surface area contributed by atoms with Crippen molar-refractivity contribution in [2.24, 2.45) is 5.92 Å². The lowest BCUT2D eigenvalue weighted by Crippen LogP contribution is -2.31. The van der Waals surface area contributed by atoms with Crippen molar-refractivity contribution < 1.29 is 27.5 Å². The SMILES string of the molecule is CC(O)C1CCN(C(=O)c2cc(C(F)(F)F)ccc2F)C1. The highest BCUT2D eigenvalue weighted by atomic mass is 19.4. The standard InChI is InChI=1S/C14H15F4NO2/c1-8(20)9-4-5-19(7-9)13(21)11-6-10(14(16,17)18)2-3-12(11)15/h2-3,6,8-9,20H,4-5,7H2,1H3. The Morgan fingerprint density at radius 3 is 2.62 bits per heavy atom. The molecule has 1 aromatic carbocycles. The molecule has 1 amide bonds. The quantitative estimate of drug-likeness (QED) is 0.854. The maximum absolute atomic E-state index is 13.7. The number of benzene rings is 1. The summed E-state index contributed by atoms with van der Waals surface area (Å²) in [7, 11) is 0. The summed E-state index contributed by atoms with van der Waals surface area (Å²) in [5.41, 5.74) is -1.64. The number of amides is 1. The second-order valence-corrected chi connectivity index (χ2v) is 5.23. The van der Waals surface area contributed by atoms with Crippen LogP contribution in [0.2, 0.25) is 0 Å². The summed E-state index contributed by atoms with van der Waals surface area (Å²) < 4.78 is 51.5. The summed E-state index contributed by atoms with van der Waals surface area (Å²) >= 11 is 0. The highest BCUT2D eigenvalue weighted by molar-refractivity contribution is 5.94. The molecule has 2 unspecified atom stereocenters. The first kappa shape index (κ1) is 15.8. The van der Waals surface area contributed by atoms with Gasteiger partial charge < -0.3 is 10.0 Å². The topological polar surface area (TPSA) is 40.5 Å². The normalized spacial score (nSPS) is 20.7. The molecule has 1 aliphatic rings. The fraction of sp³-hybridized carbons (Fsp3) is 0.500. The summed E-state index contributed by atoms with van der Waals surface area (Å²) in [4.78, 5) is 13.4. The number of halogens is 4. The van der Waals surface area contributed by atoms with Gasteiger partial charge in [-0.05, 0) is 31.5 Å². The maximum Gasteiger partial charge on any atom is 0.416 e. The summed E-state index contributed by atoms with van der Waals surface area (Å²) in [5.74, 6) is -1.89. The van der Waals surface area contributed by atoms with Gasteiger partial charge in [0, 0.05) is 19.0 Å². The van der Waals surface area contributed by atoms with Crippen LogP contribution in [0.1, 0.15) is 29.3 Å². The van der Waals surface area contributed by atoms with Crippen LogP contribution in [0.4, 0.5) is 17.6 Å². The van der Waals surface area contributed by atoms with Crippen LogP contribution >= 0.6 is 0 Å². The molecule has 2 rings (SSSR count). The van der Waals surface area contributed by atoms with Crippen molar-refractivity contribution >= 4 is 5.91 Å². The second kappa shape index (κ2) is 5.63. The number of nitrogens with zero attached hydrogens (tertiary/aromatic N) is 1. The number of hydrogen-bond donors (Lipinski definition) is 1. The minimum absolute atomic E-state index is 0.136. The van der Waals surface area contributed by atoms with Gasteiger partial charge in [-0.3, -0.25) is 4.79 Å². The molecule has 1 aromatic rings. The number of carbonyl (C=O) groups excluding carboxylic acids is 1. The third-order valence-corrected chi connectivity index (χ3v) is 3.72. The monoisotopic (exact) mass is 305 g/mol. The van der Waals surface area contributed by atoms with Gasteiger partial charge in [0.05, 0.1) is 17.2 Å². The molecule has 116 valence electrons. The minimum Gasteiger partial charge on any atom is -0.393 e. The van der Waals surface area contributed by atoms with E-state index in [4.69, 9.17) is 0 Å². The molecule has 1 fully saturated rings. The highest BCUT2D eigenvalue weighted by Crippen LogP contribution is 2.31. The van der Waals surface area contributed by atoms with E-state index in [1.807, 2.05) is 0 Å². The number of alkyl halides is 3. The van der Waals surface area contributed by atoms with E-state index in [1.54, 1.807) is 6.92 Å². The zero-order valence-corrected chi connectivity index (χ0v) is 11.3. The van der Waals surface area contributed by atoms with E-state index in [1.165, 1.54) is 4.90 Å². The average molecular weight is 305 g/mol. The molecule has 1 N–H and O–H groups in total. The first-order valence-electron chi connectivity index (χ1n) is 6.54. The molecule has 1 aliphatic heterocycles. The predicted molar refractivity (Wildman–Crippen MR) is 67.1 cm³/mol. The van der Waals surface area contributed by atoms with Gasteiger partial charge in [0.25, 0.3) is 5.91 Å². The summed E-state index contributed by atoms with van der Waals surface area (Å²) in [6.45, 7) is 2.10. The predicted octanol–water partition coefficient (Wildman–Crippen LogP) is 2.69. The summed E-state index contributed by atoms with van der Waals surface area (Å²) in [6, 6.07) is 1.79. The molecular formula is C14H15F4NO2. The molecule has 2 atom stereocenters. The molecule has 1 heterocycles. The van der Waals surface area contributed by atoms with Crippen molar-refractivity contribution in [3.05, 3.63) is 35.1 Å². The highest BCUT2D eigenvalue weighted by Gasteiger charge is 2.34. The Bertz CT molecular complexity index is 542. The molecule has 1 saturated heterocycles.